The van der Waals surface area contributed by atoms with Gasteiger partial charge >= 0.3 is 0 Å². The van der Waals surface area contributed by atoms with Crippen LogP contribution in [0.3, 0.4) is 0 Å². The number of H-pyrrole nitrogens is 1. The molecular weight excluding hydrogens is 350 g/mol. The Bertz CT molecular complexity index is 822. The van der Waals surface area contributed by atoms with Gasteiger partial charge in [0, 0.05) is 50.1 Å². The summed E-state index contributed by atoms with van der Waals surface area (Å²) in [4.78, 5) is 22.2. The number of nitrogens with one attached hydrogen (secondary N) is 1. The summed E-state index contributed by atoms with van der Waals surface area (Å²) in [6, 6.07) is 3.99. The fourth-order valence-corrected chi connectivity index (χ4v) is 4.26. The van der Waals surface area contributed by atoms with Gasteiger partial charge in [0.25, 0.3) is 5.91 Å². The number of nitrogens with zero attached hydrogens (tertiary/aromatic N) is 4. The lowest BCUT2D eigenvalue weighted by Crippen LogP contribution is -2.38. The van der Waals surface area contributed by atoms with Crippen LogP contribution in [-0.2, 0) is 19.4 Å². The molecule has 1 amide bonds. The maximum absolute atomic E-state index is 13.4. The number of pyridine rings is 1. The molecule has 1 saturated heterocycles. The van der Waals surface area contributed by atoms with Crippen molar-refractivity contribution < 1.29 is 4.79 Å². The molecule has 0 spiro atoms. The zero-order valence-electron chi connectivity index (χ0n) is 17.1. The first-order valence-electron chi connectivity index (χ1n) is 10.7. The summed E-state index contributed by atoms with van der Waals surface area (Å²) in [6.07, 6.45) is 8.30. The first kappa shape index (κ1) is 19.0. The van der Waals surface area contributed by atoms with Crippen LogP contribution in [0.5, 0.6) is 0 Å². The van der Waals surface area contributed by atoms with Gasteiger partial charge in [-0.25, -0.2) is 4.98 Å². The number of rotatable bonds is 5. The molecule has 150 valence electrons. The third-order valence-electron chi connectivity index (χ3n) is 5.95. The van der Waals surface area contributed by atoms with Gasteiger partial charge in [-0.1, -0.05) is 13.8 Å². The molecule has 0 atom stereocenters. The molecule has 2 aliphatic rings. The van der Waals surface area contributed by atoms with Gasteiger partial charge in [0.15, 0.2) is 5.69 Å². The molecule has 2 aromatic rings. The van der Waals surface area contributed by atoms with Gasteiger partial charge in [-0.15, -0.1) is 0 Å². The monoisotopic (exact) mass is 381 g/mol. The van der Waals surface area contributed by atoms with E-state index in [9.17, 15) is 4.79 Å². The first-order chi connectivity index (χ1) is 13.6. The Hall–Kier alpha value is -2.37. The van der Waals surface area contributed by atoms with E-state index in [0.29, 0.717) is 24.7 Å². The lowest BCUT2D eigenvalue weighted by Gasteiger charge is -2.32. The lowest BCUT2D eigenvalue weighted by molar-refractivity contribution is 0.0728. The highest BCUT2D eigenvalue weighted by Gasteiger charge is 2.29. The molecular formula is C22H31N5O. The van der Waals surface area contributed by atoms with Crippen molar-refractivity contribution in [1.82, 2.24) is 20.1 Å². The second-order valence-corrected chi connectivity index (χ2v) is 8.46. The van der Waals surface area contributed by atoms with E-state index in [0.717, 1.165) is 43.7 Å². The fraction of sp³-hybridized carbons (Fsp3) is 0.591. The fourth-order valence-electron chi connectivity index (χ4n) is 4.26. The van der Waals surface area contributed by atoms with E-state index in [-0.39, 0.29) is 5.91 Å². The smallest absolute Gasteiger partial charge is 0.274 e. The molecule has 6 nitrogen and oxygen atoms in total. The Morgan fingerprint density at radius 3 is 2.82 bits per heavy atom. The van der Waals surface area contributed by atoms with Crippen molar-refractivity contribution in [1.29, 1.82) is 0 Å². The van der Waals surface area contributed by atoms with Gasteiger partial charge in [-0.2, -0.15) is 5.10 Å². The van der Waals surface area contributed by atoms with Gasteiger partial charge in [-0.3, -0.25) is 9.89 Å². The van der Waals surface area contributed by atoms with Crippen LogP contribution in [0.2, 0.25) is 0 Å². The average Bonchev–Trinajstić information content (AvgIpc) is 3.14. The zero-order chi connectivity index (χ0) is 19.5. The molecule has 0 aliphatic carbocycles. The van der Waals surface area contributed by atoms with Crippen LogP contribution >= 0.6 is 0 Å². The second kappa shape index (κ2) is 8.33. The van der Waals surface area contributed by atoms with Crippen LogP contribution in [0.4, 0.5) is 5.69 Å². The Balaban J connectivity index is 1.53. The summed E-state index contributed by atoms with van der Waals surface area (Å²) >= 11 is 0. The minimum absolute atomic E-state index is 0.0443. The molecule has 0 aromatic carbocycles. The number of aromatic nitrogens is 3. The Morgan fingerprint density at radius 2 is 2.04 bits per heavy atom. The Morgan fingerprint density at radius 1 is 1.21 bits per heavy atom. The highest BCUT2D eigenvalue weighted by molar-refractivity contribution is 5.98. The molecule has 0 unspecified atom stereocenters. The number of piperidine rings is 1. The molecule has 0 radical (unpaired) electrons. The highest BCUT2D eigenvalue weighted by atomic mass is 16.2. The Labute approximate surface area is 167 Å². The van der Waals surface area contributed by atoms with E-state index in [1.54, 1.807) is 6.20 Å². The van der Waals surface area contributed by atoms with Crippen molar-refractivity contribution in [2.45, 2.75) is 58.9 Å². The van der Waals surface area contributed by atoms with Crippen molar-refractivity contribution in [2.24, 2.45) is 5.92 Å². The van der Waals surface area contributed by atoms with Crippen LogP contribution in [0.25, 0.3) is 0 Å². The van der Waals surface area contributed by atoms with Crippen molar-refractivity contribution in [3.05, 3.63) is 41.0 Å². The van der Waals surface area contributed by atoms with Crippen molar-refractivity contribution in [3.8, 4) is 0 Å². The number of carbonyl (C=O) groups is 1. The SMILES string of the molecule is CC(C)CCc1n[nH]c2c1CN(C(=O)c1ncccc1N1CCCCC1)CC2. The van der Waals surface area contributed by atoms with E-state index >= 15 is 0 Å². The predicted octanol–water partition coefficient (Wildman–Crippen LogP) is 3.58. The number of hydrogen-bond acceptors (Lipinski definition) is 4. The molecule has 6 heteroatoms. The van der Waals surface area contributed by atoms with Gasteiger partial charge in [0.05, 0.1) is 11.4 Å². The van der Waals surface area contributed by atoms with Crippen LogP contribution in [0.1, 0.15) is 67.0 Å². The number of fused-ring (bicyclic) bond motifs is 1. The first-order valence-corrected chi connectivity index (χ1v) is 10.7. The number of carbonyl (C=O) groups excluding carboxylic acids is 1. The number of aromatic amines is 1. The van der Waals surface area contributed by atoms with E-state index in [4.69, 9.17) is 0 Å². The number of amides is 1. The second-order valence-electron chi connectivity index (χ2n) is 8.46. The summed E-state index contributed by atoms with van der Waals surface area (Å²) < 4.78 is 0. The van der Waals surface area contributed by atoms with E-state index in [2.05, 4.69) is 33.9 Å². The predicted molar refractivity (Wildman–Crippen MR) is 110 cm³/mol. The van der Waals surface area contributed by atoms with E-state index < -0.39 is 0 Å². The molecule has 1 fully saturated rings. The van der Waals surface area contributed by atoms with Crippen LogP contribution in [0, 0.1) is 5.92 Å². The minimum atomic E-state index is 0.0443. The van der Waals surface area contributed by atoms with Gasteiger partial charge in [0.1, 0.15) is 0 Å². The van der Waals surface area contributed by atoms with Crippen molar-refractivity contribution >= 4 is 11.6 Å². The summed E-state index contributed by atoms with van der Waals surface area (Å²) in [7, 11) is 0. The number of hydrogen-bond donors (Lipinski definition) is 1. The number of anilines is 1. The summed E-state index contributed by atoms with van der Waals surface area (Å²) in [6.45, 7) is 7.84. The summed E-state index contributed by atoms with van der Waals surface area (Å²) in [5.41, 5.74) is 5.12. The molecule has 4 rings (SSSR count). The molecule has 0 bridgehead atoms. The van der Waals surface area contributed by atoms with Crippen LogP contribution < -0.4 is 4.90 Å². The van der Waals surface area contributed by atoms with Gasteiger partial charge < -0.3 is 9.80 Å². The third kappa shape index (κ3) is 3.91. The maximum Gasteiger partial charge on any atom is 0.274 e. The van der Waals surface area contributed by atoms with E-state index in [1.165, 1.54) is 30.5 Å². The quantitative estimate of drug-likeness (QED) is 0.860. The standard InChI is InChI=1S/C22H31N5O/c1-16(2)8-9-18-17-15-27(14-10-19(17)25-24-18)22(28)21-20(7-6-11-23-21)26-12-4-3-5-13-26/h6-7,11,16H,3-5,8-10,12-15H2,1-2H3,(H,24,25). The normalized spacial score (nSPS) is 17.1. The van der Waals surface area contributed by atoms with Crippen molar-refractivity contribution in [2.75, 3.05) is 24.5 Å². The average molecular weight is 382 g/mol. The van der Waals surface area contributed by atoms with Crippen molar-refractivity contribution in [3.63, 3.8) is 0 Å². The summed E-state index contributed by atoms with van der Waals surface area (Å²) in [5, 5.41) is 7.74. The highest BCUT2D eigenvalue weighted by Crippen LogP contribution is 2.27. The lowest BCUT2D eigenvalue weighted by atomic mass is 9.99. The largest absolute Gasteiger partial charge is 0.370 e. The Kier molecular flexibility index (Phi) is 5.64. The molecule has 2 aliphatic heterocycles. The third-order valence-corrected chi connectivity index (χ3v) is 5.95. The van der Waals surface area contributed by atoms with Crippen LogP contribution in [-0.4, -0.2) is 45.6 Å². The van der Waals surface area contributed by atoms with E-state index in [1.807, 2.05) is 17.0 Å². The molecule has 0 saturated carbocycles. The molecule has 28 heavy (non-hydrogen) atoms. The van der Waals surface area contributed by atoms with Gasteiger partial charge in [-0.05, 0) is 50.2 Å². The minimum Gasteiger partial charge on any atom is -0.370 e. The number of aryl methyl sites for hydroxylation is 1. The topological polar surface area (TPSA) is 65.1 Å². The molecule has 2 aromatic heterocycles. The van der Waals surface area contributed by atoms with Gasteiger partial charge in [0.2, 0.25) is 0 Å². The maximum atomic E-state index is 13.4. The zero-order valence-corrected chi connectivity index (χ0v) is 17.1. The molecule has 1 N–H and O–H groups in total. The molecule has 4 heterocycles. The van der Waals surface area contributed by atoms with Crippen LogP contribution in [0.15, 0.2) is 18.3 Å². The summed E-state index contributed by atoms with van der Waals surface area (Å²) in [5.74, 6) is 0.692.